The smallest absolute Gasteiger partial charge is 0.179 e. The second-order valence-corrected chi connectivity index (χ2v) is 18.4. The van der Waals surface area contributed by atoms with Gasteiger partial charge in [0.25, 0.3) is 0 Å². The van der Waals surface area contributed by atoms with Crippen molar-refractivity contribution in [2.24, 2.45) is 0 Å². The number of anilines is 1. The first-order chi connectivity index (χ1) is 25.2. The van der Waals surface area contributed by atoms with Gasteiger partial charge in [0.15, 0.2) is 8.07 Å². The highest BCUT2D eigenvalue weighted by Crippen LogP contribution is 2.42. The Morgan fingerprint density at radius 2 is 1.12 bits per heavy atom. The van der Waals surface area contributed by atoms with Crippen LogP contribution in [0, 0.1) is 0 Å². The lowest BCUT2D eigenvalue weighted by atomic mass is 10.1. The predicted molar refractivity (Wildman–Crippen MR) is 222 cm³/mol. The van der Waals surface area contributed by atoms with E-state index in [2.05, 4.69) is 204 Å². The van der Waals surface area contributed by atoms with Crippen LogP contribution >= 0.6 is 11.3 Å². The van der Waals surface area contributed by atoms with Crippen molar-refractivity contribution < 1.29 is 0 Å². The quantitative estimate of drug-likeness (QED) is 0.128. The molecule has 1 aliphatic rings. The van der Waals surface area contributed by atoms with E-state index in [0.29, 0.717) is 0 Å². The van der Waals surface area contributed by atoms with Crippen LogP contribution in [0.15, 0.2) is 182 Å². The van der Waals surface area contributed by atoms with E-state index in [4.69, 9.17) is 0 Å². The molecule has 0 fully saturated rings. The Kier molecular flexibility index (Phi) is 6.98. The molecule has 0 aliphatic carbocycles. The van der Waals surface area contributed by atoms with E-state index in [-0.39, 0.29) is 0 Å². The summed E-state index contributed by atoms with van der Waals surface area (Å²) in [4.78, 5) is 4.56. The maximum absolute atomic E-state index is 2.85. The lowest BCUT2D eigenvalue weighted by Crippen LogP contribution is -2.74. The molecule has 3 nitrogen and oxygen atoms in total. The maximum atomic E-state index is 2.53. The highest BCUT2D eigenvalue weighted by molar-refractivity contribution is 7.26. The first-order valence-electron chi connectivity index (χ1n) is 17.5. The van der Waals surface area contributed by atoms with Crippen molar-refractivity contribution in [2.45, 2.75) is 0 Å². The van der Waals surface area contributed by atoms with E-state index in [1.54, 1.807) is 0 Å². The van der Waals surface area contributed by atoms with Gasteiger partial charge in [-0.1, -0.05) is 127 Å². The number of para-hydroxylation sites is 1. The Morgan fingerprint density at radius 3 is 1.84 bits per heavy atom. The van der Waals surface area contributed by atoms with Crippen molar-refractivity contribution in [3.05, 3.63) is 182 Å². The molecule has 0 saturated carbocycles. The molecule has 244 valence electrons. The summed E-state index contributed by atoms with van der Waals surface area (Å²) < 4.78 is 5.18. The number of aromatic nitrogens is 1. The van der Waals surface area contributed by atoms with E-state index < -0.39 is 8.07 Å². The SMILES string of the molecule is CN1C=CN(c2cccc([Si](c3ccccc3)(c3ccccc3)c3ccc4c5ccc6sc7ccccc7c6c5n(-c5ccccc5)c4c3)c2)C1. The summed E-state index contributed by atoms with van der Waals surface area (Å²) >= 11 is 1.88. The van der Waals surface area contributed by atoms with Crippen LogP contribution in [-0.4, -0.2) is 31.3 Å². The van der Waals surface area contributed by atoms with Crippen LogP contribution in [0.4, 0.5) is 5.69 Å². The molecule has 0 spiro atoms. The van der Waals surface area contributed by atoms with Crippen molar-refractivity contribution in [2.75, 3.05) is 18.6 Å². The number of thiophene rings is 1. The Balaban J connectivity index is 1.34. The molecule has 0 saturated heterocycles. The zero-order valence-corrected chi connectivity index (χ0v) is 30.1. The third-order valence-corrected chi connectivity index (χ3v) is 16.5. The highest BCUT2D eigenvalue weighted by atomic mass is 32.1. The van der Waals surface area contributed by atoms with E-state index in [0.717, 1.165) is 6.67 Å². The van der Waals surface area contributed by atoms with Crippen LogP contribution in [0.5, 0.6) is 0 Å². The molecule has 51 heavy (non-hydrogen) atoms. The molecule has 0 unspecified atom stereocenters. The minimum atomic E-state index is -2.85. The molecule has 5 heteroatoms. The molecular formula is C46H35N3SSi. The molecule has 9 aromatic rings. The van der Waals surface area contributed by atoms with Gasteiger partial charge < -0.3 is 14.4 Å². The van der Waals surface area contributed by atoms with Crippen LogP contribution in [-0.2, 0) is 0 Å². The molecule has 10 rings (SSSR count). The minimum absolute atomic E-state index is 0.837. The zero-order valence-electron chi connectivity index (χ0n) is 28.3. The van der Waals surface area contributed by atoms with Gasteiger partial charge in [-0.3, -0.25) is 0 Å². The topological polar surface area (TPSA) is 11.4 Å². The number of benzene rings is 7. The van der Waals surface area contributed by atoms with Gasteiger partial charge in [0, 0.05) is 61.8 Å². The first kappa shape index (κ1) is 30.0. The minimum Gasteiger partial charge on any atom is -0.361 e. The van der Waals surface area contributed by atoms with Crippen molar-refractivity contribution in [1.82, 2.24) is 9.47 Å². The molecule has 0 atom stereocenters. The van der Waals surface area contributed by atoms with Crippen LogP contribution in [0.3, 0.4) is 0 Å². The highest BCUT2D eigenvalue weighted by Gasteiger charge is 2.42. The third-order valence-electron chi connectivity index (χ3n) is 10.6. The van der Waals surface area contributed by atoms with E-state index in [1.807, 2.05) is 11.3 Å². The Hall–Kier alpha value is -5.88. The molecule has 0 radical (unpaired) electrons. The summed E-state index contributed by atoms with van der Waals surface area (Å²) in [6.45, 7) is 0.837. The van der Waals surface area contributed by atoms with E-state index >= 15 is 0 Å². The molecule has 3 heterocycles. The fourth-order valence-electron chi connectivity index (χ4n) is 8.38. The Morgan fingerprint density at radius 1 is 0.490 bits per heavy atom. The summed E-state index contributed by atoms with van der Waals surface area (Å²) in [5.74, 6) is 0. The molecule has 0 amide bonds. The molecule has 2 aromatic heterocycles. The second kappa shape index (κ2) is 11.9. The number of hydrogen-bond acceptors (Lipinski definition) is 3. The van der Waals surface area contributed by atoms with Gasteiger partial charge in [-0.05, 0) is 63.2 Å². The van der Waals surface area contributed by atoms with Gasteiger partial charge in [0.2, 0.25) is 0 Å². The Labute approximate surface area is 302 Å². The molecule has 1 aliphatic heterocycles. The fraction of sp³-hybridized carbons (Fsp3) is 0.0435. The molecular weight excluding hydrogens is 655 g/mol. The van der Waals surface area contributed by atoms with Gasteiger partial charge in [-0.2, -0.15) is 0 Å². The van der Waals surface area contributed by atoms with Crippen molar-refractivity contribution in [3.8, 4) is 5.69 Å². The standard InChI is InChI=1S/C46H35N3SSi/c1-47-28-29-48(32-47)34-16-13-21-37(30-34)51(35-17-7-3-8-18-35,36-19-9-4-10-20-36)38-24-25-39-40-26-27-44-45(41-22-11-12-23-43(41)50-44)46(40)49(42(39)31-38)33-14-5-2-6-15-33/h2-31H,32H2,1H3. The van der Waals surface area contributed by atoms with Crippen molar-refractivity contribution >= 4 is 87.8 Å². The number of fused-ring (bicyclic) bond motifs is 7. The van der Waals surface area contributed by atoms with Crippen LogP contribution in [0.2, 0.25) is 0 Å². The third kappa shape index (κ3) is 4.62. The number of rotatable bonds is 6. The van der Waals surface area contributed by atoms with Gasteiger partial charge in [-0.15, -0.1) is 11.3 Å². The average Bonchev–Trinajstić information content (AvgIpc) is 3.89. The monoisotopic (exact) mass is 689 g/mol. The molecule has 0 N–H and O–H groups in total. The fourth-order valence-corrected chi connectivity index (χ4v) is 14.3. The normalized spacial score (nSPS) is 13.4. The summed E-state index contributed by atoms with van der Waals surface area (Å²) in [5, 5.41) is 10.7. The van der Waals surface area contributed by atoms with Crippen LogP contribution in [0.1, 0.15) is 0 Å². The summed E-state index contributed by atoms with van der Waals surface area (Å²) in [5.41, 5.74) is 4.90. The van der Waals surface area contributed by atoms with Crippen molar-refractivity contribution in [3.63, 3.8) is 0 Å². The van der Waals surface area contributed by atoms with Gasteiger partial charge in [-0.25, -0.2) is 0 Å². The van der Waals surface area contributed by atoms with E-state index in [9.17, 15) is 0 Å². The molecule has 0 bridgehead atoms. The first-order valence-corrected chi connectivity index (χ1v) is 20.3. The zero-order chi connectivity index (χ0) is 33.9. The van der Waals surface area contributed by atoms with Crippen LogP contribution in [0.25, 0.3) is 47.7 Å². The lowest BCUT2D eigenvalue weighted by Gasteiger charge is -2.35. The van der Waals surface area contributed by atoms with Crippen LogP contribution < -0.4 is 25.6 Å². The van der Waals surface area contributed by atoms with Crippen molar-refractivity contribution in [1.29, 1.82) is 0 Å². The predicted octanol–water partition coefficient (Wildman–Crippen LogP) is 8.71. The molecule has 7 aromatic carbocycles. The number of nitrogens with zero attached hydrogens (tertiary/aromatic N) is 3. The van der Waals surface area contributed by atoms with Gasteiger partial charge in [0.05, 0.1) is 17.7 Å². The van der Waals surface area contributed by atoms with Gasteiger partial charge in [0.1, 0.15) is 0 Å². The second-order valence-electron chi connectivity index (χ2n) is 13.5. The largest absolute Gasteiger partial charge is 0.361 e. The van der Waals surface area contributed by atoms with E-state index in [1.165, 1.54) is 74.1 Å². The summed E-state index contributed by atoms with van der Waals surface area (Å²) in [6, 6.07) is 63.7. The van der Waals surface area contributed by atoms with Gasteiger partial charge >= 0.3 is 0 Å². The summed E-state index contributed by atoms with van der Waals surface area (Å²) in [6.07, 6.45) is 4.34. The maximum Gasteiger partial charge on any atom is 0.179 e. The Bertz CT molecular complexity index is 2710. The number of hydrogen-bond donors (Lipinski definition) is 0. The average molecular weight is 690 g/mol. The lowest BCUT2D eigenvalue weighted by molar-refractivity contribution is 0.496. The summed E-state index contributed by atoms with van der Waals surface area (Å²) in [7, 11) is -0.723.